The Labute approximate surface area is 675 Å². The van der Waals surface area contributed by atoms with E-state index in [4.69, 9.17) is 48.8 Å². The fourth-order valence-corrected chi connectivity index (χ4v) is 12.8. The number of aliphatic hydroxyl groups excluding tert-OH is 2. The number of aromatic carboxylic acids is 1. The molecule has 40 heteroatoms. The maximum atomic E-state index is 12.7. The minimum absolute atomic E-state index is 0.0461. The maximum absolute atomic E-state index is 12.7. The van der Waals surface area contributed by atoms with Crippen LogP contribution in [0.15, 0.2) is 140 Å². The zero-order chi connectivity index (χ0) is 88.5. The maximum Gasteiger partial charge on any atom is 0.338 e. The number of rotatable bonds is 9. The van der Waals surface area contributed by atoms with Crippen LogP contribution < -0.4 is 18.9 Å². The van der Waals surface area contributed by atoms with Crippen LogP contribution in [-0.4, -0.2) is 201 Å². The lowest BCUT2D eigenvalue weighted by molar-refractivity contribution is -0.0192. The van der Waals surface area contributed by atoms with Gasteiger partial charge in [-0.3, -0.25) is 0 Å². The van der Waals surface area contributed by atoms with Gasteiger partial charge in [0.05, 0.1) is 28.9 Å². The van der Waals surface area contributed by atoms with Gasteiger partial charge in [0, 0.05) is 119 Å². The number of carbonyl (C=O) groups is 3. The summed E-state index contributed by atoms with van der Waals surface area (Å²) in [6.07, 6.45) is -8.46. The molecule has 0 saturated heterocycles. The van der Waals surface area contributed by atoms with Gasteiger partial charge >= 0.3 is 17.9 Å². The second-order valence-corrected chi connectivity index (χ2v) is 27.1. The standard InChI is InChI=1S/C22H18O11.C22H18O10.2C15H14O7.C7H6O5/c23-10-5-12(24)11-7-18(33-22(31)9-3-15(27)20(30)16(28)4-9)21(32-17(11)6-10)8-1-13(25)19(29)14(26)2-8;23-11-6-14(25)12-8-19(32-22(30)10-4-16(27)20(29)17(28)5-10)21(31-18(12)7-11)9-1-2-13(24)15(26)3-9;2*16-7-3-9(17)8-5-12(20)15(22-13(8)4-7)6-1-10(18)14(21)11(19)2-6;8-4-1-3(7(11)12)2-5(9)6(4)10/h1-6,18,21,23-30H,7H2;1-7,19,21,23-29H,8H2;2*1-4,12,15-21H,5H2;1-2,8-10H,(H,11,12)/t18-,21+;19-,21+;12-,15+;12-,15-;/m0001./s1. The minimum Gasteiger partial charge on any atom is -0.508 e. The van der Waals surface area contributed by atoms with E-state index in [1.165, 1.54) is 42.5 Å². The largest absolute Gasteiger partial charge is 0.508 e. The number of ether oxygens (including phenoxy) is 6. The third kappa shape index (κ3) is 18.4. The molecule has 4 aliphatic heterocycles. The van der Waals surface area contributed by atoms with E-state index in [0.29, 0.717) is 16.7 Å². The first-order valence-corrected chi connectivity index (χ1v) is 34.8. The number of fused-ring (bicyclic) bond motifs is 4. The Morgan fingerprint density at radius 1 is 0.248 bits per heavy atom. The van der Waals surface area contributed by atoms with Gasteiger partial charge in [0.15, 0.2) is 139 Å². The van der Waals surface area contributed by atoms with E-state index in [2.05, 4.69) is 0 Å². The van der Waals surface area contributed by atoms with Crippen molar-refractivity contribution in [3.8, 4) is 184 Å². The van der Waals surface area contributed by atoms with Gasteiger partial charge in [-0.1, -0.05) is 6.07 Å². The quantitative estimate of drug-likeness (QED) is 0.0484. The van der Waals surface area contributed by atoms with E-state index >= 15 is 0 Å². The first-order chi connectivity index (χ1) is 56.9. The molecule has 0 unspecified atom stereocenters. The Balaban J connectivity index is 0.000000153. The van der Waals surface area contributed by atoms with Crippen molar-refractivity contribution in [1.29, 1.82) is 0 Å². The highest BCUT2D eigenvalue weighted by Gasteiger charge is 2.41. The number of phenols is 28. The second kappa shape index (κ2) is 34.0. The number of aromatic hydroxyl groups is 28. The zero-order valence-electron chi connectivity index (χ0n) is 61.3. The molecular weight excluding hydrogens is 1610 g/mol. The Morgan fingerprint density at radius 2 is 0.479 bits per heavy atom. The van der Waals surface area contributed by atoms with Crippen molar-refractivity contribution in [2.24, 2.45) is 0 Å². The molecule has 40 nitrogen and oxygen atoms in total. The minimum atomic E-state index is -1.29. The highest BCUT2D eigenvalue weighted by atomic mass is 16.6. The number of carboxylic acids is 1. The molecule has 0 amide bonds. The summed E-state index contributed by atoms with van der Waals surface area (Å²) in [5, 5.41) is 297. The Kier molecular flexibility index (Phi) is 24.0. The van der Waals surface area contributed by atoms with Crippen LogP contribution in [-0.2, 0) is 35.2 Å². The average molecular weight is 1680 g/mol. The number of esters is 2. The summed E-state index contributed by atoms with van der Waals surface area (Å²) in [4.78, 5) is 35.7. The summed E-state index contributed by atoms with van der Waals surface area (Å²) in [6.45, 7) is 0. The van der Waals surface area contributed by atoms with Gasteiger partial charge in [0.1, 0.15) is 81.2 Å². The molecule has 0 fully saturated rings. The number of hydrogen-bond donors (Lipinski definition) is 31. The molecule has 15 rings (SSSR count). The van der Waals surface area contributed by atoms with Crippen molar-refractivity contribution in [2.45, 2.75) is 74.5 Å². The number of carboxylic acid groups (broad SMARTS) is 1. The van der Waals surface area contributed by atoms with E-state index < -0.39 is 176 Å². The molecule has 0 aromatic heterocycles. The van der Waals surface area contributed by atoms with Gasteiger partial charge in [-0.2, -0.15) is 0 Å². The van der Waals surface area contributed by atoms with E-state index in [0.717, 1.165) is 97.1 Å². The predicted molar refractivity (Wildman–Crippen MR) is 403 cm³/mol. The van der Waals surface area contributed by atoms with Crippen molar-refractivity contribution >= 4 is 17.9 Å². The molecule has 4 aliphatic rings. The molecule has 0 saturated carbocycles. The SMILES string of the molecule is O=C(O)c1cc(O)c(O)c(O)c1.O=C(O[C@H]1Cc2c(O)cc(O)cc2O[C@@H]1c1cc(O)c(O)c(O)c1)c1cc(O)c(O)c(O)c1.O=C(O[C@H]1Cc2c(O)cc(O)cc2O[C@@H]1c1ccc(O)c(O)c1)c1cc(O)c(O)c(O)c1.Oc1cc(O)c2c(c1)O[C@H](c1cc(O)c(O)c(O)c1)[C@@H](O)C2.Oc1cc(O)c2c(c1)O[C@H](c1cc(O)c(O)c(O)c1)[C@H](O)C2. The smallest absolute Gasteiger partial charge is 0.338 e. The van der Waals surface area contributed by atoms with Crippen LogP contribution in [0.5, 0.6) is 184 Å². The van der Waals surface area contributed by atoms with Gasteiger partial charge in [-0.15, -0.1) is 0 Å². The van der Waals surface area contributed by atoms with Crippen LogP contribution in [0.3, 0.4) is 0 Å². The molecule has 0 bridgehead atoms. The van der Waals surface area contributed by atoms with Crippen LogP contribution in [0.1, 0.15) is 100.0 Å². The van der Waals surface area contributed by atoms with Crippen molar-refractivity contribution in [3.05, 3.63) is 201 Å². The summed E-state index contributed by atoms with van der Waals surface area (Å²) in [5.74, 6) is -17.7. The lowest BCUT2D eigenvalue weighted by Crippen LogP contribution is -2.34. The van der Waals surface area contributed by atoms with Gasteiger partial charge in [0.25, 0.3) is 0 Å². The molecule has 634 valence electrons. The normalized spacial score (nSPS) is 17.5. The Bertz CT molecular complexity index is 5620. The third-order valence-corrected chi connectivity index (χ3v) is 18.7. The second-order valence-electron chi connectivity index (χ2n) is 27.1. The summed E-state index contributed by atoms with van der Waals surface area (Å²) < 4.78 is 33.8. The Hall–Kier alpha value is -16.7. The lowest BCUT2D eigenvalue weighted by Gasteiger charge is -2.34. The number of aliphatic hydroxyl groups is 2. The molecule has 0 spiro atoms. The molecule has 31 N–H and O–H groups in total. The molecule has 0 aliphatic carbocycles. The highest BCUT2D eigenvalue weighted by Crippen LogP contribution is 2.52. The van der Waals surface area contributed by atoms with Crippen LogP contribution in [0.2, 0.25) is 0 Å². The number of benzene rings is 11. The molecule has 11 aromatic rings. The highest BCUT2D eigenvalue weighted by molar-refractivity contribution is 5.92. The van der Waals surface area contributed by atoms with Gasteiger partial charge in [0.2, 0.25) is 0 Å². The zero-order valence-corrected chi connectivity index (χ0v) is 61.3. The van der Waals surface area contributed by atoms with Crippen molar-refractivity contribution in [2.75, 3.05) is 0 Å². The number of carbonyl (C=O) groups excluding carboxylic acids is 2. The molecular formula is C81H70O40. The third-order valence-electron chi connectivity index (χ3n) is 18.7. The summed E-state index contributed by atoms with van der Waals surface area (Å²) in [7, 11) is 0. The molecule has 121 heavy (non-hydrogen) atoms. The fourth-order valence-electron chi connectivity index (χ4n) is 12.8. The molecule has 4 heterocycles. The molecule has 8 atom stereocenters. The van der Waals surface area contributed by atoms with Gasteiger partial charge in [-0.05, 0) is 84.9 Å². The summed E-state index contributed by atoms with van der Waals surface area (Å²) in [5.41, 5.74) is 1.22. The van der Waals surface area contributed by atoms with Crippen molar-refractivity contribution in [1.82, 2.24) is 0 Å². The van der Waals surface area contributed by atoms with Crippen LogP contribution >= 0.6 is 0 Å². The van der Waals surface area contributed by atoms with Crippen molar-refractivity contribution < 1.29 is 201 Å². The summed E-state index contributed by atoms with van der Waals surface area (Å²) in [6, 6.07) is 25.5. The van der Waals surface area contributed by atoms with Gasteiger partial charge in [-0.25, -0.2) is 14.4 Å². The van der Waals surface area contributed by atoms with E-state index in [1.54, 1.807) is 0 Å². The first kappa shape index (κ1) is 85.2. The monoisotopic (exact) mass is 1680 g/mol. The number of phenolic OH excluding ortho intramolecular Hbond substituents is 28. The van der Waals surface area contributed by atoms with Crippen molar-refractivity contribution in [3.63, 3.8) is 0 Å². The van der Waals surface area contributed by atoms with E-state index in [-0.39, 0.29) is 145 Å². The Morgan fingerprint density at radius 3 is 0.752 bits per heavy atom. The van der Waals surface area contributed by atoms with E-state index in [1.807, 2.05) is 0 Å². The topological polar surface area (TPSA) is 734 Å². The van der Waals surface area contributed by atoms with Crippen LogP contribution in [0.4, 0.5) is 0 Å². The molecule has 11 aromatic carbocycles. The van der Waals surface area contributed by atoms with Crippen LogP contribution in [0.25, 0.3) is 0 Å². The summed E-state index contributed by atoms with van der Waals surface area (Å²) >= 11 is 0. The predicted octanol–water partition coefficient (Wildman–Crippen LogP) is 7.77. The van der Waals surface area contributed by atoms with Gasteiger partial charge < -0.3 is 187 Å². The van der Waals surface area contributed by atoms with E-state index in [9.17, 15) is 152 Å². The fraction of sp³-hybridized carbons (Fsp3) is 0.148. The van der Waals surface area contributed by atoms with Crippen LogP contribution in [0, 0.1) is 0 Å². The number of hydrogen-bond acceptors (Lipinski definition) is 39. The molecule has 0 radical (unpaired) electrons. The first-order valence-electron chi connectivity index (χ1n) is 34.8. The lowest BCUT2D eigenvalue weighted by atomic mass is 9.93. The average Bonchev–Trinajstić information content (AvgIpc) is 0.783.